The highest BCUT2D eigenvalue weighted by atomic mass is 35.5. The largest absolute Gasteiger partial charge is 0.295 e. The smallest absolute Gasteiger partial charge is 0.282 e. The predicted molar refractivity (Wildman–Crippen MR) is 66.0 cm³/mol. The Balaban J connectivity index is 0.00000128. The van der Waals surface area contributed by atoms with Gasteiger partial charge in [-0.2, -0.15) is 8.42 Å². The quantitative estimate of drug-likeness (QED) is 0.816. The molecule has 0 aliphatic carbocycles. The molecule has 0 bridgehead atoms. The summed E-state index contributed by atoms with van der Waals surface area (Å²) in [5.41, 5.74) is 0. The zero-order valence-electron chi connectivity index (χ0n) is 7.92. The lowest BCUT2D eigenvalue weighted by molar-refractivity contribution is 0.484. The minimum atomic E-state index is -4.20. The zero-order chi connectivity index (χ0) is 11.1. The summed E-state index contributed by atoms with van der Waals surface area (Å²) in [5, 5.41) is 1.49. The van der Waals surface area contributed by atoms with Gasteiger partial charge in [-0.3, -0.25) is 4.55 Å². The van der Waals surface area contributed by atoms with Gasteiger partial charge in [0.1, 0.15) is 4.90 Å². The lowest BCUT2D eigenvalue weighted by Gasteiger charge is -2.04. The molecule has 0 radical (unpaired) electrons. The van der Waals surface area contributed by atoms with Crippen LogP contribution in [0.15, 0.2) is 41.3 Å². The fourth-order valence-electron chi connectivity index (χ4n) is 1.47. The van der Waals surface area contributed by atoms with Crippen LogP contribution in [0.3, 0.4) is 0 Å². The monoisotopic (exact) mass is 278 g/mol. The van der Waals surface area contributed by atoms with E-state index < -0.39 is 10.1 Å². The van der Waals surface area contributed by atoms with E-state index in [1.54, 1.807) is 24.3 Å². The van der Waals surface area contributed by atoms with Gasteiger partial charge in [0.2, 0.25) is 0 Å². The fourth-order valence-corrected chi connectivity index (χ4v) is 2.41. The van der Waals surface area contributed by atoms with Crippen molar-refractivity contribution >= 4 is 44.9 Å². The maximum Gasteiger partial charge on any atom is 0.295 e. The molecule has 0 fully saturated rings. The summed E-state index contributed by atoms with van der Waals surface area (Å²) >= 11 is 5.90. The van der Waals surface area contributed by atoms with Crippen molar-refractivity contribution in [1.82, 2.24) is 0 Å². The van der Waals surface area contributed by atoms with E-state index in [0.29, 0.717) is 15.8 Å². The molecule has 2 aromatic rings. The van der Waals surface area contributed by atoms with Crippen molar-refractivity contribution in [3.05, 3.63) is 41.4 Å². The van der Waals surface area contributed by atoms with Crippen molar-refractivity contribution in [3.8, 4) is 0 Å². The topological polar surface area (TPSA) is 54.4 Å². The van der Waals surface area contributed by atoms with Crippen LogP contribution in [0.2, 0.25) is 5.02 Å². The highest BCUT2D eigenvalue weighted by molar-refractivity contribution is 7.86. The maximum atomic E-state index is 11.1. The molecule has 0 aliphatic rings. The van der Waals surface area contributed by atoms with Crippen LogP contribution in [-0.2, 0) is 10.1 Å². The summed E-state index contributed by atoms with van der Waals surface area (Å²) in [6.45, 7) is 0. The lowest BCUT2D eigenvalue weighted by atomic mass is 10.1. The van der Waals surface area contributed by atoms with Gasteiger partial charge < -0.3 is 0 Å². The first-order valence-electron chi connectivity index (χ1n) is 4.15. The van der Waals surface area contributed by atoms with E-state index in [1.807, 2.05) is 0 Å². The molecule has 16 heavy (non-hydrogen) atoms. The Bertz CT molecular complexity index is 623. The molecule has 0 heterocycles. The first-order valence-corrected chi connectivity index (χ1v) is 5.97. The van der Waals surface area contributed by atoms with Gasteiger partial charge in [0.05, 0.1) is 0 Å². The first-order chi connectivity index (χ1) is 7.00. The first kappa shape index (κ1) is 13.3. The summed E-state index contributed by atoms with van der Waals surface area (Å²) in [5.74, 6) is 0. The molecule has 2 rings (SSSR count). The molecule has 1 N–H and O–H groups in total. The van der Waals surface area contributed by atoms with E-state index in [2.05, 4.69) is 0 Å². The van der Waals surface area contributed by atoms with Crippen molar-refractivity contribution in [2.75, 3.05) is 0 Å². The third-order valence-electron chi connectivity index (χ3n) is 2.11. The summed E-state index contributed by atoms with van der Waals surface area (Å²) in [6, 6.07) is 9.49. The molecule has 6 heteroatoms. The normalized spacial score (nSPS) is 11.1. The molecule has 0 atom stereocenters. The average Bonchev–Trinajstić information content (AvgIpc) is 2.16. The van der Waals surface area contributed by atoms with Crippen LogP contribution < -0.4 is 0 Å². The van der Waals surface area contributed by atoms with Gasteiger partial charge in [-0.15, -0.1) is 12.4 Å². The van der Waals surface area contributed by atoms with Gasteiger partial charge >= 0.3 is 0 Å². The van der Waals surface area contributed by atoms with E-state index in [-0.39, 0.29) is 17.3 Å². The summed E-state index contributed by atoms with van der Waals surface area (Å²) in [6.07, 6.45) is 0. The molecule has 0 aromatic heterocycles. The van der Waals surface area contributed by atoms with Crippen LogP contribution in [0, 0.1) is 0 Å². The Morgan fingerprint density at radius 3 is 2.19 bits per heavy atom. The maximum absolute atomic E-state index is 11.1. The molecule has 0 saturated heterocycles. The Labute approximate surface area is 104 Å². The third kappa shape index (κ3) is 2.30. The second kappa shape index (κ2) is 4.59. The van der Waals surface area contributed by atoms with Crippen LogP contribution in [0.25, 0.3) is 10.8 Å². The standard InChI is InChI=1S/C10H7ClO3S.ClH/c11-9-5-1-4-8-7(9)3-2-6-10(8)15(12,13)14;/h1-6H,(H,12,13,14);1H. The van der Waals surface area contributed by atoms with E-state index in [9.17, 15) is 8.42 Å². The second-order valence-corrected chi connectivity index (χ2v) is 4.86. The molecule has 0 saturated carbocycles. The zero-order valence-corrected chi connectivity index (χ0v) is 10.3. The average molecular weight is 279 g/mol. The van der Waals surface area contributed by atoms with Gasteiger partial charge in [0, 0.05) is 15.8 Å². The van der Waals surface area contributed by atoms with Crippen LogP contribution >= 0.6 is 24.0 Å². The molecule has 86 valence electrons. The molecule has 0 aliphatic heterocycles. The summed E-state index contributed by atoms with van der Waals surface area (Å²) in [7, 11) is -4.20. The highest BCUT2D eigenvalue weighted by Crippen LogP contribution is 2.28. The van der Waals surface area contributed by atoms with Gasteiger partial charge in [0.15, 0.2) is 0 Å². The Hall–Kier alpha value is -0.810. The molecular weight excluding hydrogens is 271 g/mol. The van der Waals surface area contributed by atoms with Crippen LogP contribution in [-0.4, -0.2) is 13.0 Å². The predicted octanol–water partition coefficient (Wildman–Crippen LogP) is 3.16. The van der Waals surface area contributed by atoms with Gasteiger partial charge in [-0.25, -0.2) is 0 Å². The van der Waals surface area contributed by atoms with Crippen molar-refractivity contribution in [3.63, 3.8) is 0 Å². The Morgan fingerprint density at radius 2 is 1.56 bits per heavy atom. The molecular formula is C10H8Cl2O3S. The minimum Gasteiger partial charge on any atom is -0.282 e. The summed E-state index contributed by atoms with van der Waals surface area (Å²) < 4.78 is 31.1. The van der Waals surface area contributed by atoms with Crippen molar-refractivity contribution < 1.29 is 13.0 Å². The van der Waals surface area contributed by atoms with E-state index in [4.69, 9.17) is 16.2 Å². The molecule has 0 spiro atoms. The van der Waals surface area contributed by atoms with Gasteiger partial charge in [0.25, 0.3) is 10.1 Å². The van der Waals surface area contributed by atoms with E-state index in [1.165, 1.54) is 12.1 Å². The molecule has 0 unspecified atom stereocenters. The van der Waals surface area contributed by atoms with Crippen LogP contribution in [0.5, 0.6) is 0 Å². The molecule has 0 amide bonds. The number of hydrogen-bond acceptors (Lipinski definition) is 2. The van der Waals surface area contributed by atoms with Crippen LogP contribution in [0.1, 0.15) is 0 Å². The van der Waals surface area contributed by atoms with Crippen molar-refractivity contribution in [2.45, 2.75) is 4.90 Å². The van der Waals surface area contributed by atoms with Crippen molar-refractivity contribution in [1.29, 1.82) is 0 Å². The Kier molecular flexibility index (Phi) is 3.80. The lowest BCUT2D eigenvalue weighted by Crippen LogP contribution is -1.98. The summed E-state index contributed by atoms with van der Waals surface area (Å²) in [4.78, 5) is -0.123. The minimum absolute atomic E-state index is 0. The number of halogens is 2. The second-order valence-electron chi connectivity index (χ2n) is 3.07. The van der Waals surface area contributed by atoms with Crippen LogP contribution in [0.4, 0.5) is 0 Å². The van der Waals surface area contributed by atoms with E-state index >= 15 is 0 Å². The SMILES string of the molecule is Cl.O=S(=O)(O)c1cccc2c(Cl)cccc12. The van der Waals surface area contributed by atoms with Gasteiger partial charge in [-0.1, -0.05) is 35.9 Å². The van der Waals surface area contributed by atoms with Gasteiger partial charge in [-0.05, 0) is 12.1 Å². The van der Waals surface area contributed by atoms with Crippen molar-refractivity contribution in [2.24, 2.45) is 0 Å². The third-order valence-corrected chi connectivity index (χ3v) is 3.35. The molecule has 2 aromatic carbocycles. The molecule has 3 nitrogen and oxygen atoms in total. The van der Waals surface area contributed by atoms with E-state index in [0.717, 1.165) is 0 Å². The number of rotatable bonds is 1. The number of hydrogen-bond donors (Lipinski definition) is 1. The fraction of sp³-hybridized carbons (Fsp3) is 0. The number of fused-ring (bicyclic) bond motifs is 1. The Morgan fingerprint density at radius 1 is 1.00 bits per heavy atom. The highest BCUT2D eigenvalue weighted by Gasteiger charge is 2.13. The number of benzene rings is 2.